The zero-order valence-corrected chi connectivity index (χ0v) is 19.9. The lowest BCUT2D eigenvalue weighted by Crippen LogP contribution is -2.14. The summed E-state index contributed by atoms with van der Waals surface area (Å²) >= 11 is 4.69. The van der Waals surface area contributed by atoms with Gasteiger partial charge in [-0.3, -0.25) is 9.36 Å². The minimum Gasteiger partial charge on any atom is -0.325 e. The molecule has 9 heteroatoms. The molecule has 164 valence electrons. The van der Waals surface area contributed by atoms with Gasteiger partial charge in [0, 0.05) is 11.4 Å². The van der Waals surface area contributed by atoms with Gasteiger partial charge in [-0.15, -0.1) is 21.5 Å². The Morgan fingerprint density at radius 2 is 1.61 bits per heavy atom. The minimum atomic E-state index is -0.0841. The van der Waals surface area contributed by atoms with Crippen LogP contribution in [0.4, 0.5) is 5.69 Å². The largest absolute Gasteiger partial charge is 0.325 e. The van der Waals surface area contributed by atoms with Crippen molar-refractivity contribution in [2.24, 2.45) is 0 Å². The summed E-state index contributed by atoms with van der Waals surface area (Å²) in [5, 5.41) is 12.4. The highest BCUT2D eigenvalue weighted by Crippen LogP contribution is 2.32. The lowest BCUT2D eigenvalue weighted by molar-refractivity contribution is -0.113. The number of nitrogens with one attached hydrogen (secondary N) is 1. The molecule has 0 unspecified atom stereocenters. The van der Waals surface area contributed by atoms with E-state index in [-0.39, 0.29) is 11.7 Å². The van der Waals surface area contributed by atoms with Crippen molar-refractivity contribution in [1.29, 1.82) is 0 Å². The van der Waals surface area contributed by atoms with Crippen LogP contribution in [0.5, 0.6) is 0 Å². The second-order valence-corrected chi connectivity index (χ2v) is 10.2. The molecular weight excluding hydrogens is 470 g/mol. The predicted molar refractivity (Wildman–Crippen MR) is 136 cm³/mol. The van der Waals surface area contributed by atoms with Gasteiger partial charge in [-0.25, -0.2) is 4.98 Å². The average molecular weight is 490 g/mol. The molecule has 0 saturated carbocycles. The first-order chi connectivity index (χ1) is 16.3. The Labute approximate surface area is 203 Å². The van der Waals surface area contributed by atoms with Crippen LogP contribution < -0.4 is 5.32 Å². The molecule has 0 spiro atoms. The van der Waals surface area contributed by atoms with Gasteiger partial charge in [-0.1, -0.05) is 72.1 Å². The standard InChI is InChI=1S/C24H19N5OS3/c30-22(25-17-9-3-1-4-10-17)16-31-23-28-27-21(29(23)18-11-5-2-6-12-18)15-32-24-26-19-13-7-8-14-20(19)33-24/h1-14H,15-16H2,(H,25,30). The smallest absolute Gasteiger partial charge is 0.234 e. The normalized spacial score (nSPS) is 11.0. The van der Waals surface area contributed by atoms with Crippen LogP contribution in [0.2, 0.25) is 0 Å². The minimum absolute atomic E-state index is 0.0841. The van der Waals surface area contributed by atoms with E-state index >= 15 is 0 Å². The lowest BCUT2D eigenvalue weighted by Gasteiger charge is -2.10. The first kappa shape index (κ1) is 21.7. The maximum absolute atomic E-state index is 12.4. The summed E-state index contributed by atoms with van der Waals surface area (Å²) in [6.45, 7) is 0. The second-order valence-electron chi connectivity index (χ2n) is 7.01. The number of hydrogen-bond acceptors (Lipinski definition) is 7. The summed E-state index contributed by atoms with van der Waals surface area (Å²) in [5.74, 6) is 1.60. The third-order valence-electron chi connectivity index (χ3n) is 4.70. The quantitative estimate of drug-likeness (QED) is 0.274. The average Bonchev–Trinajstić information content (AvgIpc) is 3.46. The third kappa shape index (κ3) is 5.27. The number of amides is 1. The fourth-order valence-corrected chi connectivity index (χ4v) is 5.96. The molecule has 0 atom stereocenters. The van der Waals surface area contributed by atoms with E-state index in [0.717, 1.165) is 27.1 Å². The van der Waals surface area contributed by atoms with Crippen LogP contribution in [0.3, 0.4) is 0 Å². The molecule has 33 heavy (non-hydrogen) atoms. The number of anilines is 1. The molecule has 0 aliphatic heterocycles. The highest BCUT2D eigenvalue weighted by molar-refractivity contribution is 8.00. The molecule has 0 aliphatic carbocycles. The lowest BCUT2D eigenvalue weighted by atomic mass is 10.3. The Morgan fingerprint density at radius 3 is 2.39 bits per heavy atom. The molecule has 2 aromatic heterocycles. The zero-order chi connectivity index (χ0) is 22.5. The summed E-state index contributed by atoms with van der Waals surface area (Å²) in [4.78, 5) is 17.1. The van der Waals surface area contributed by atoms with Crippen LogP contribution in [-0.4, -0.2) is 31.4 Å². The van der Waals surface area contributed by atoms with E-state index in [4.69, 9.17) is 4.98 Å². The highest BCUT2D eigenvalue weighted by atomic mass is 32.2. The van der Waals surface area contributed by atoms with Gasteiger partial charge in [0.25, 0.3) is 0 Å². The molecule has 5 aromatic rings. The van der Waals surface area contributed by atoms with E-state index in [1.54, 1.807) is 23.1 Å². The van der Waals surface area contributed by atoms with Crippen molar-refractivity contribution in [2.45, 2.75) is 15.2 Å². The van der Waals surface area contributed by atoms with Crippen molar-refractivity contribution < 1.29 is 4.79 Å². The van der Waals surface area contributed by atoms with Gasteiger partial charge in [-0.2, -0.15) is 0 Å². The molecule has 5 rings (SSSR count). The summed E-state index contributed by atoms with van der Waals surface area (Å²) in [6, 6.07) is 27.5. The number of hydrogen-bond donors (Lipinski definition) is 1. The molecule has 2 heterocycles. The van der Waals surface area contributed by atoms with Gasteiger partial charge in [0.05, 0.1) is 21.7 Å². The van der Waals surface area contributed by atoms with Gasteiger partial charge < -0.3 is 5.32 Å². The number of carbonyl (C=O) groups excluding carboxylic acids is 1. The molecule has 1 amide bonds. The zero-order valence-electron chi connectivity index (χ0n) is 17.4. The number of para-hydroxylation sites is 3. The number of fused-ring (bicyclic) bond motifs is 1. The number of nitrogens with zero attached hydrogens (tertiary/aromatic N) is 4. The number of benzene rings is 3. The molecule has 3 aromatic carbocycles. The Kier molecular flexibility index (Phi) is 6.71. The van der Waals surface area contributed by atoms with Crippen molar-refractivity contribution >= 4 is 56.7 Å². The second kappa shape index (κ2) is 10.2. The number of thiazole rings is 1. The van der Waals surface area contributed by atoms with Crippen LogP contribution >= 0.6 is 34.9 Å². The van der Waals surface area contributed by atoms with E-state index in [1.165, 1.54) is 16.5 Å². The van der Waals surface area contributed by atoms with Crippen LogP contribution in [-0.2, 0) is 10.5 Å². The molecule has 6 nitrogen and oxygen atoms in total. The van der Waals surface area contributed by atoms with Crippen LogP contribution in [0.1, 0.15) is 5.82 Å². The summed E-state index contributed by atoms with van der Waals surface area (Å²) in [6.07, 6.45) is 0. The van der Waals surface area contributed by atoms with Gasteiger partial charge in [0.2, 0.25) is 5.91 Å². The maximum Gasteiger partial charge on any atom is 0.234 e. The number of carbonyl (C=O) groups is 1. The van der Waals surface area contributed by atoms with Crippen molar-refractivity contribution in [3.63, 3.8) is 0 Å². The molecule has 0 fully saturated rings. The van der Waals surface area contributed by atoms with Crippen LogP contribution in [0.25, 0.3) is 15.9 Å². The van der Waals surface area contributed by atoms with Crippen molar-refractivity contribution in [1.82, 2.24) is 19.7 Å². The first-order valence-electron chi connectivity index (χ1n) is 10.2. The monoisotopic (exact) mass is 489 g/mol. The number of rotatable bonds is 8. The molecule has 0 saturated heterocycles. The fourth-order valence-electron chi connectivity index (χ4n) is 3.21. The van der Waals surface area contributed by atoms with Gasteiger partial charge >= 0.3 is 0 Å². The predicted octanol–water partition coefficient (Wildman–Crippen LogP) is 5.90. The SMILES string of the molecule is O=C(CSc1nnc(CSc2nc3ccccc3s2)n1-c1ccccc1)Nc1ccccc1. The van der Waals surface area contributed by atoms with E-state index in [1.807, 2.05) is 83.4 Å². The Hall–Kier alpha value is -3.14. The molecule has 0 radical (unpaired) electrons. The summed E-state index contributed by atoms with van der Waals surface area (Å²) in [5.41, 5.74) is 2.75. The van der Waals surface area contributed by atoms with E-state index in [9.17, 15) is 4.79 Å². The topological polar surface area (TPSA) is 72.7 Å². The van der Waals surface area contributed by atoms with Gasteiger partial charge in [0.15, 0.2) is 9.50 Å². The summed E-state index contributed by atoms with van der Waals surface area (Å²) < 4.78 is 4.18. The molecule has 1 N–H and O–H groups in total. The Morgan fingerprint density at radius 1 is 0.879 bits per heavy atom. The number of thioether (sulfide) groups is 2. The number of aromatic nitrogens is 4. The molecular formula is C24H19N5OS3. The summed E-state index contributed by atoms with van der Waals surface area (Å²) in [7, 11) is 0. The first-order valence-corrected chi connectivity index (χ1v) is 13.0. The Balaban J connectivity index is 1.33. The van der Waals surface area contributed by atoms with Crippen LogP contribution in [0.15, 0.2) is 94.4 Å². The van der Waals surface area contributed by atoms with Gasteiger partial charge in [0.1, 0.15) is 5.82 Å². The van der Waals surface area contributed by atoms with Crippen molar-refractivity contribution in [3.05, 3.63) is 90.8 Å². The Bertz CT molecular complexity index is 1340. The highest BCUT2D eigenvalue weighted by Gasteiger charge is 2.17. The van der Waals surface area contributed by atoms with Crippen molar-refractivity contribution in [2.75, 3.05) is 11.1 Å². The fraction of sp³-hybridized carbons (Fsp3) is 0.0833. The van der Waals surface area contributed by atoms with Crippen LogP contribution in [0, 0.1) is 0 Å². The van der Waals surface area contributed by atoms with E-state index in [2.05, 4.69) is 21.6 Å². The van der Waals surface area contributed by atoms with E-state index < -0.39 is 0 Å². The molecule has 0 aliphatic rings. The van der Waals surface area contributed by atoms with E-state index in [0.29, 0.717) is 10.9 Å². The van der Waals surface area contributed by atoms with Crippen molar-refractivity contribution in [3.8, 4) is 5.69 Å². The van der Waals surface area contributed by atoms with Gasteiger partial charge in [-0.05, 0) is 36.4 Å². The maximum atomic E-state index is 12.4. The third-order valence-corrected chi connectivity index (χ3v) is 7.81. The molecule has 0 bridgehead atoms.